The van der Waals surface area contributed by atoms with Crippen LogP contribution in [0.25, 0.3) is 0 Å². The van der Waals surface area contributed by atoms with Crippen LogP contribution >= 0.6 is 0 Å². The third kappa shape index (κ3) is 2.96. The molecule has 2 aromatic rings. The molecule has 0 aromatic heterocycles. The van der Waals surface area contributed by atoms with Gasteiger partial charge in [-0.2, -0.15) is 0 Å². The fourth-order valence-electron chi connectivity index (χ4n) is 6.17. The zero-order chi connectivity index (χ0) is 22.5. The van der Waals surface area contributed by atoms with E-state index >= 15 is 0 Å². The summed E-state index contributed by atoms with van der Waals surface area (Å²) >= 11 is 0. The van der Waals surface area contributed by atoms with Gasteiger partial charge in [0.25, 0.3) is 0 Å². The minimum Gasteiger partial charge on any atom is -0.372 e. The molecule has 5 rings (SSSR count). The van der Waals surface area contributed by atoms with Gasteiger partial charge in [0.1, 0.15) is 5.54 Å². The Kier molecular flexibility index (Phi) is 5.20. The van der Waals surface area contributed by atoms with Gasteiger partial charge in [0.15, 0.2) is 0 Å². The van der Waals surface area contributed by atoms with Gasteiger partial charge in [-0.3, -0.25) is 14.5 Å². The largest absolute Gasteiger partial charge is 0.372 e. The summed E-state index contributed by atoms with van der Waals surface area (Å²) in [6.07, 6.45) is 2.82. The first-order valence-corrected chi connectivity index (χ1v) is 11.8. The van der Waals surface area contributed by atoms with Gasteiger partial charge in [-0.1, -0.05) is 18.2 Å². The molecule has 2 amide bonds. The number of aryl methyl sites for hydroxylation is 1. The second-order valence-corrected chi connectivity index (χ2v) is 9.20. The highest BCUT2D eigenvalue weighted by molar-refractivity contribution is 6.10. The van der Waals surface area contributed by atoms with Gasteiger partial charge in [0, 0.05) is 41.8 Å². The van der Waals surface area contributed by atoms with E-state index < -0.39 is 11.5 Å². The molecule has 6 nitrogen and oxygen atoms in total. The van der Waals surface area contributed by atoms with Crippen molar-refractivity contribution in [3.05, 3.63) is 53.6 Å². The minimum absolute atomic E-state index is 0.0585. The number of nitrogens with one attached hydrogen (secondary N) is 2. The highest BCUT2D eigenvalue weighted by Crippen LogP contribution is 2.55. The van der Waals surface area contributed by atoms with Gasteiger partial charge < -0.3 is 15.5 Å². The number of benzene rings is 2. The molecular formula is C26H32N4O2. The lowest BCUT2D eigenvalue weighted by Crippen LogP contribution is -2.53. The van der Waals surface area contributed by atoms with Gasteiger partial charge in [-0.05, 0) is 76.4 Å². The topological polar surface area (TPSA) is 64.7 Å². The van der Waals surface area contributed by atoms with Crippen molar-refractivity contribution in [1.29, 1.82) is 0 Å². The zero-order valence-electron chi connectivity index (χ0n) is 19.1. The number of amides is 2. The Bertz CT molecular complexity index is 1060. The van der Waals surface area contributed by atoms with Crippen LogP contribution in [-0.4, -0.2) is 42.4 Å². The Balaban J connectivity index is 1.48. The maximum Gasteiger partial charge on any atom is 0.250 e. The normalized spacial score (nSPS) is 26.2. The van der Waals surface area contributed by atoms with Gasteiger partial charge in [0.05, 0.1) is 5.92 Å². The van der Waals surface area contributed by atoms with Crippen molar-refractivity contribution in [1.82, 2.24) is 4.90 Å². The van der Waals surface area contributed by atoms with E-state index in [1.807, 2.05) is 37.3 Å². The fourth-order valence-corrected chi connectivity index (χ4v) is 6.17. The van der Waals surface area contributed by atoms with Gasteiger partial charge in [0.2, 0.25) is 11.8 Å². The summed E-state index contributed by atoms with van der Waals surface area (Å²) in [7, 11) is 0. The summed E-state index contributed by atoms with van der Waals surface area (Å²) in [4.78, 5) is 31.8. The smallest absolute Gasteiger partial charge is 0.250 e. The molecule has 2 aromatic carbocycles. The van der Waals surface area contributed by atoms with E-state index in [0.29, 0.717) is 6.42 Å². The number of carbonyl (C=O) groups is 2. The molecule has 0 bridgehead atoms. The summed E-state index contributed by atoms with van der Waals surface area (Å²) in [5, 5.41) is 6.25. The summed E-state index contributed by atoms with van der Waals surface area (Å²) in [6.45, 7) is 9.06. The molecule has 2 saturated heterocycles. The second-order valence-electron chi connectivity index (χ2n) is 9.20. The molecule has 3 atom stereocenters. The number of para-hydroxylation sites is 1. The fraction of sp³-hybridized carbons (Fsp3) is 0.462. The number of nitrogens with zero attached hydrogens (tertiary/aromatic N) is 2. The first-order valence-electron chi connectivity index (χ1n) is 11.8. The van der Waals surface area contributed by atoms with Crippen LogP contribution in [0.2, 0.25) is 0 Å². The lowest BCUT2D eigenvalue weighted by Gasteiger charge is -2.36. The monoisotopic (exact) mass is 432 g/mol. The Morgan fingerprint density at radius 3 is 2.75 bits per heavy atom. The standard InChI is InChI=1S/C26H32N4O2/c1-4-29(5-2)18-12-13-22(17(3)15-18)27-24(31)21-16-19-9-8-14-30(19)26(21)20-10-6-7-11-23(20)28-25(26)32/h6-7,10-13,15,19,21H,4-5,8-9,14,16H2,1-3H3,(H,27,31)(H,28,32). The minimum atomic E-state index is -0.906. The molecule has 2 N–H and O–H groups in total. The van der Waals surface area contributed by atoms with E-state index in [1.165, 1.54) is 0 Å². The number of anilines is 3. The lowest BCUT2D eigenvalue weighted by atomic mass is 9.78. The van der Waals surface area contributed by atoms with E-state index in [-0.39, 0.29) is 17.9 Å². The van der Waals surface area contributed by atoms with E-state index in [1.54, 1.807) is 0 Å². The third-order valence-electron chi connectivity index (χ3n) is 7.69. The second kappa shape index (κ2) is 7.93. The molecule has 6 heteroatoms. The molecule has 2 fully saturated rings. The van der Waals surface area contributed by atoms with Gasteiger partial charge in [-0.15, -0.1) is 0 Å². The number of fused-ring (bicyclic) bond motifs is 4. The van der Waals surface area contributed by atoms with Gasteiger partial charge >= 0.3 is 0 Å². The van der Waals surface area contributed by atoms with Crippen molar-refractivity contribution < 1.29 is 9.59 Å². The molecular weight excluding hydrogens is 400 g/mol. The molecule has 3 aliphatic heterocycles. The number of rotatable bonds is 5. The van der Waals surface area contributed by atoms with E-state index in [9.17, 15) is 9.59 Å². The third-order valence-corrected chi connectivity index (χ3v) is 7.69. The first kappa shape index (κ1) is 21.0. The Labute approximate surface area is 190 Å². The van der Waals surface area contributed by atoms with Crippen LogP contribution < -0.4 is 15.5 Å². The molecule has 0 radical (unpaired) electrons. The van der Waals surface area contributed by atoms with Crippen LogP contribution in [0, 0.1) is 12.8 Å². The molecule has 0 aliphatic carbocycles. The molecule has 3 heterocycles. The number of carbonyl (C=O) groups excluding carboxylic acids is 2. The summed E-state index contributed by atoms with van der Waals surface area (Å²) < 4.78 is 0. The Morgan fingerprint density at radius 2 is 2.00 bits per heavy atom. The van der Waals surface area contributed by atoms with E-state index in [2.05, 4.69) is 46.4 Å². The highest BCUT2D eigenvalue weighted by atomic mass is 16.2. The van der Waals surface area contributed by atoms with Crippen LogP contribution in [0.5, 0.6) is 0 Å². The maximum atomic E-state index is 13.7. The molecule has 3 unspecified atom stereocenters. The maximum absolute atomic E-state index is 13.7. The number of hydrogen-bond donors (Lipinski definition) is 2. The summed E-state index contributed by atoms with van der Waals surface area (Å²) in [5.74, 6) is -0.542. The lowest BCUT2D eigenvalue weighted by molar-refractivity contribution is -0.135. The van der Waals surface area contributed by atoms with Crippen LogP contribution in [0.15, 0.2) is 42.5 Å². The summed E-state index contributed by atoms with van der Waals surface area (Å²) in [5.41, 5.74) is 3.89. The average Bonchev–Trinajstić information content (AvgIpc) is 3.45. The van der Waals surface area contributed by atoms with Crippen LogP contribution in [0.4, 0.5) is 17.1 Å². The van der Waals surface area contributed by atoms with Crippen molar-refractivity contribution in [3.8, 4) is 0 Å². The van der Waals surface area contributed by atoms with Gasteiger partial charge in [-0.25, -0.2) is 0 Å². The predicted octanol–water partition coefficient (Wildman–Crippen LogP) is 4.11. The quantitative estimate of drug-likeness (QED) is 0.746. The van der Waals surface area contributed by atoms with Crippen LogP contribution in [0.1, 0.15) is 44.2 Å². The first-order chi connectivity index (χ1) is 15.5. The Morgan fingerprint density at radius 1 is 1.22 bits per heavy atom. The van der Waals surface area contributed by atoms with E-state index in [4.69, 9.17) is 0 Å². The molecule has 3 aliphatic rings. The van der Waals surface area contributed by atoms with Crippen molar-refractivity contribution in [3.63, 3.8) is 0 Å². The zero-order valence-corrected chi connectivity index (χ0v) is 19.1. The SMILES string of the molecule is CCN(CC)c1ccc(NC(=O)C2CC3CCCN3C23C(=O)Nc2ccccc23)c(C)c1. The molecule has 168 valence electrons. The van der Waals surface area contributed by atoms with Crippen LogP contribution in [0.3, 0.4) is 0 Å². The van der Waals surface area contributed by atoms with E-state index in [0.717, 1.165) is 60.7 Å². The molecule has 1 spiro atoms. The van der Waals surface area contributed by atoms with Crippen molar-refractivity contribution in [2.75, 3.05) is 35.2 Å². The van der Waals surface area contributed by atoms with Crippen molar-refractivity contribution in [2.24, 2.45) is 5.92 Å². The average molecular weight is 433 g/mol. The molecule has 0 saturated carbocycles. The predicted molar refractivity (Wildman–Crippen MR) is 128 cm³/mol. The summed E-state index contributed by atoms with van der Waals surface area (Å²) in [6, 6.07) is 14.3. The van der Waals surface area contributed by atoms with Crippen molar-refractivity contribution in [2.45, 2.75) is 51.6 Å². The highest BCUT2D eigenvalue weighted by Gasteiger charge is 2.65. The Hall–Kier alpha value is -2.86. The number of hydrogen-bond acceptors (Lipinski definition) is 4. The van der Waals surface area contributed by atoms with Crippen LogP contribution in [-0.2, 0) is 15.1 Å². The van der Waals surface area contributed by atoms with Crippen molar-refractivity contribution >= 4 is 28.9 Å². The molecule has 32 heavy (non-hydrogen) atoms.